The van der Waals surface area contributed by atoms with E-state index in [1.807, 2.05) is 54.0 Å². The van der Waals surface area contributed by atoms with Gasteiger partial charge in [0.2, 0.25) is 0 Å². The van der Waals surface area contributed by atoms with Gasteiger partial charge in [-0.1, -0.05) is 36.0 Å². The number of hydrogen-bond donors (Lipinski definition) is 1. The highest BCUT2D eigenvalue weighted by Crippen LogP contribution is 2.27. The van der Waals surface area contributed by atoms with Gasteiger partial charge in [0, 0.05) is 12.1 Å². The van der Waals surface area contributed by atoms with E-state index in [1.54, 1.807) is 13.2 Å². The van der Waals surface area contributed by atoms with Crippen LogP contribution in [0.2, 0.25) is 0 Å². The van der Waals surface area contributed by atoms with E-state index in [-0.39, 0.29) is 5.56 Å². The van der Waals surface area contributed by atoms with Gasteiger partial charge in [-0.2, -0.15) is 0 Å². The molecule has 0 bridgehead atoms. The second-order valence-corrected chi connectivity index (χ2v) is 7.04. The summed E-state index contributed by atoms with van der Waals surface area (Å²) in [6.45, 7) is 2.77. The third kappa shape index (κ3) is 3.50. The minimum absolute atomic E-state index is 0.129. The summed E-state index contributed by atoms with van der Waals surface area (Å²) in [7, 11) is 1.64. The first-order valence-corrected chi connectivity index (χ1v) is 9.86. The maximum atomic E-state index is 12.2. The van der Waals surface area contributed by atoms with Crippen molar-refractivity contribution >= 4 is 22.7 Å². The molecular formula is C20H19N5O2S. The number of aromatic amines is 1. The highest BCUT2D eigenvalue weighted by Gasteiger charge is 2.14. The summed E-state index contributed by atoms with van der Waals surface area (Å²) in [5.41, 5.74) is 1.50. The molecule has 142 valence electrons. The predicted octanol–water partition coefficient (Wildman–Crippen LogP) is 3.50. The second kappa shape index (κ2) is 7.85. The minimum atomic E-state index is -0.129. The lowest BCUT2D eigenvalue weighted by Gasteiger charge is -2.08. The van der Waals surface area contributed by atoms with Gasteiger partial charge in [-0.3, -0.25) is 4.79 Å². The molecule has 2 heterocycles. The Morgan fingerprint density at radius 2 is 2.00 bits per heavy atom. The molecule has 4 aromatic rings. The van der Waals surface area contributed by atoms with E-state index < -0.39 is 0 Å². The molecule has 0 saturated heterocycles. The lowest BCUT2D eigenvalue weighted by molar-refractivity contribution is 0.415. The molecule has 0 atom stereocenters. The predicted molar refractivity (Wildman–Crippen MR) is 110 cm³/mol. The number of fused-ring (bicyclic) bond motifs is 1. The van der Waals surface area contributed by atoms with Crippen molar-refractivity contribution in [2.24, 2.45) is 0 Å². The molecule has 0 aliphatic carbocycles. The van der Waals surface area contributed by atoms with E-state index in [0.29, 0.717) is 22.5 Å². The van der Waals surface area contributed by atoms with Crippen molar-refractivity contribution in [2.45, 2.75) is 24.4 Å². The van der Waals surface area contributed by atoms with Crippen LogP contribution in [-0.4, -0.2) is 31.8 Å². The Morgan fingerprint density at radius 3 is 2.82 bits per heavy atom. The third-order valence-corrected chi connectivity index (χ3v) is 5.34. The first-order chi connectivity index (χ1) is 13.7. The third-order valence-electron chi connectivity index (χ3n) is 4.36. The molecule has 8 heteroatoms. The fourth-order valence-electron chi connectivity index (χ4n) is 2.99. The normalized spacial score (nSPS) is 11.1. The van der Waals surface area contributed by atoms with Crippen molar-refractivity contribution < 1.29 is 4.74 Å². The lowest BCUT2D eigenvalue weighted by Crippen LogP contribution is -2.11. The molecule has 0 radical (unpaired) electrons. The molecule has 0 unspecified atom stereocenters. The highest BCUT2D eigenvalue weighted by molar-refractivity contribution is 7.98. The number of H-pyrrole nitrogens is 1. The van der Waals surface area contributed by atoms with Crippen molar-refractivity contribution in [3.8, 4) is 17.1 Å². The zero-order chi connectivity index (χ0) is 19.5. The number of ether oxygens (including phenoxy) is 1. The summed E-state index contributed by atoms with van der Waals surface area (Å²) in [4.78, 5) is 19.6. The maximum Gasteiger partial charge on any atom is 0.258 e. The first kappa shape index (κ1) is 18.2. The molecule has 2 aromatic heterocycles. The number of para-hydroxylation sites is 1. The van der Waals surface area contributed by atoms with Gasteiger partial charge in [0.05, 0.1) is 23.8 Å². The van der Waals surface area contributed by atoms with Crippen molar-refractivity contribution in [3.05, 3.63) is 64.7 Å². The van der Waals surface area contributed by atoms with Crippen LogP contribution in [0.25, 0.3) is 22.3 Å². The molecule has 28 heavy (non-hydrogen) atoms. The van der Waals surface area contributed by atoms with Gasteiger partial charge >= 0.3 is 0 Å². The Bertz CT molecular complexity index is 1180. The van der Waals surface area contributed by atoms with Crippen LogP contribution in [-0.2, 0) is 12.3 Å². The standard InChI is InChI=1S/C20H19N5O2S/c1-3-25-18(13-7-6-8-14(11-13)27-2)23-24-20(25)28-12-17-21-16-10-5-4-9-15(16)19(26)22-17/h4-11H,3,12H2,1-2H3,(H,21,22,26). The molecule has 0 amide bonds. The van der Waals surface area contributed by atoms with Crippen LogP contribution in [0.3, 0.4) is 0 Å². The zero-order valence-electron chi connectivity index (χ0n) is 15.5. The van der Waals surface area contributed by atoms with E-state index in [1.165, 1.54) is 11.8 Å². The van der Waals surface area contributed by atoms with Crippen LogP contribution in [0.1, 0.15) is 12.7 Å². The number of nitrogens with one attached hydrogen (secondary N) is 1. The summed E-state index contributed by atoms with van der Waals surface area (Å²) in [6.07, 6.45) is 0. The van der Waals surface area contributed by atoms with Gasteiger partial charge in [0.15, 0.2) is 11.0 Å². The SMILES string of the molecule is CCn1c(SCc2nc3ccccc3c(=O)[nH]2)nnc1-c1cccc(OC)c1. The van der Waals surface area contributed by atoms with E-state index in [9.17, 15) is 4.79 Å². The zero-order valence-corrected chi connectivity index (χ0v) is 16.4. The summed E-state index contributed by atoms with van der Waals surface area (Å²) in [6, 6.07) is 15.1. The first-order valence-electron chi connectivity index (χ1n) is 8.88. The van der Waals surface area contributed by atoms with Gasteiger partial charge in [-0.05, 0) is 31.2 Å². The summed E-state index contributed by atoms with van der Waals surface area (Å²) >= 11 is 1.49. The molecular weight excluding hydrogens is 374 g/mol. The molecule has 7 nitrogen and oxygen atoms in total. The van der Waals surface area contributed by atoms with Gasteiger partial charge < -0.3 is 14.3 Å². The van der Waals surface area contributed by atoms with Crippen molar-refractivity contribution in [1.29, 1.82) is 0 Å². The average Bonchev–Trinajstić information content (AvgIpc) is 3.15. The van der Waals surface area contributed by atoms with Crippen LogP contribution in [0.15, 0.2) is 58.5 Å². The Hall–Kier alpha value is -3.13. The molecule has 4 rings (SSSR count). The summed E-state index contributed by atoms with van der Waals surface area (Å²) in [5.74, 6) is 2.66. The smallest absolute Gasteiger partial charge is 0.258 e. The van der Waals surface area contributed by atoms with E-state index in [4.69, 9.17) is 4.74 Å². The molecule has 0 fully saturated rings. The number of nitrogens with zero attached hydrogens (tertiary/aromatic N) is 4. The fourth-order valence-corrected chi connectivity index (χ4v) is 3.86. The largest absolute Gasteiger partial charge is 0.497 e. The van der Waals surface area contributed by atoms with Gasteiger partial charge in [0.1, 0.15) is 11.6 Å². The van der Waals surface area contributed by atoms with Gasteiger partial charge in [-0.25, -0.2) is 4.98 Å². The van der Waals surface area contributed by atoms with Crippen LogP contribution >= 0.6 is 11.8 Å². The van der Waals surface area contributed by atoms with Crippen molar-refractivity contribution in [2.75, 3.05) is 7.11 Å². The second-order valence-electron chi connectivity index (χ2n) is 6.10. The number of benzene rings is 2. The van der Waals surface area contributed by atoms with Gasteiger partial charge in [0.25, 0.3) is 5.56 Å². The number of rotatable bonds is 6. The molecule has 1 N–H and O–H groups in total. The summed E-state index contributed by atoms with van der Waals surface area (Å²) < 4.78 is 7.34. The Kier molecular flexibility index (Phi) is 5.12. The van der Waals surface area contributed by atoms with Crippen molar-refractivity contribution in [1.82, 2.24) is 24.7 Å². The molecule has 0 spiro atoms. The fraction of sp³-hybridized carbons (Fsp3) is 0.200. The quantitative estimate of drug-likeness (QED) is 0.505. The molecule has 0 saturated carbocycles. The van der Waals surface area contributed by atoms with Crippen LogP contribution in [0.5, 0.6) is 5.75 Å². The van der Waals surface area contributed by atoms with Crippen LogP contribution in [0, 0.1) is 0 Å². The van der Waals surface area contributed by atoms with E-state index in [0.717, 1.165) is 28.8 Å². The minimum Gasteiger partial charge on any atom is -0.497 e. The summed E-state index contributed by atoms with van der Waals surface area (Å²) in [5, 5.41) is 10.1. The van der Waals surface area contributed by atoms with Crippen LogP contribution in [0.4, 0.5) is 0 Å². The average molecular weight is 393 g/mol. The topological polar surface area (TPSA) is 85.7 Å². The highest BCUT2D eigenvalue weighted by atomic mass is 32.2. The van der Waals surface area contributed by atoms with Crippen LogP contribution < -0.4 is 10.3 Å². The Balaban J connectivity index is 1.61. The number of thioether (sulfide) groups is 1. The number of methoxy groups -OCH3 is 1. The van der Waals surface area contributed by atoms with Crippen molar-refractivity contribution in [3.63, 3.8) is 0 Å². The van der Waals surface area contributed by atoms with E-state index >= 15 is 0 Å². The van der Waals surface area contributed by atoms with E-state index in [2.05, 4.69) is 20.2 Å². The van der Waals surface area contributed by atoms with Gasteiger partial charge in [-0.15, -0.1) is 10.2 Å². The Labute approximate surface area is 165 Å². The molecule has 0 aliphatic heterocycles. The monoisotopic (exact) mass is 393 g/mol. The lowest BCUT2D eigenvalue weighted by atomic mass is 10.2. The molecule has 0 aliphatic rings. The molecule has 2 aromatic carbocycles. The maximum absolute atomic E-state index is 12.2. The number of aromatic nitrogens is 5. The number of hydrogen-bond acceptors (Lipinski definition) is 6. The Morgan fingerprint density at radius 1 is 1.14 bits per heavy atom.